The highest BCUT2D eigenvalue weighted by Gasteiger charge is 2.21. The highest BCUT2D eigenvalue weighted by Crippen LogP contribution is 2.19. The van der Waals surface area contributed by atoms with Gasteiger partial charge < -0.3 is 15.0 Å². The fourth-order valence-electron chi connectivity index (χ4n) is 2.97. The molecular weight excluding hydrogens is 248 g/mol. The van der Waals surface area contributed by atoms with Gasteiger partial charge in [0.25, 0.3) is 0 Å². The number of hydrogen-bond donors (Lipinski definition) is 1. The second-order valence-electron chi connectivity index (χ2n) is 5.59. The van der Waals surface area contributed by atoms with Crippen molar-refractivity contribution in [1.29, 1.82) is 0 Å². The number of hydrogen-bond acceptors (Lipinski definition) is 3. The van der Waals surface area contributed by atoms with E-state index in [0.717, 1.165) is 31.4 Å². The van der Waals surface area contributed by atoms with Gasteiger partial charge in [0.2, 0.25) is 0 Å². The van der Waals surface area contributed by atoms with Crippen LogP contribution in [0, 0.1) is 0 Å². The molecule has 0 saturated carbocycles. The first-order chi connectivity index (χ1) is 9.90. The van der Waals surface area contributed by atoms with Crippen molar-refractivity contribution in [2.75, 3.05) is 33.3 Å². The van der Waals surface area contributed by atoms with Crippen LogP contribution in [0.2, 0.25) is 0 Å². The molecule has 0 bridgehead atoms. The minimum Gasteiger partial charge on any atom is -0.494 e. The standard InChI is InChI=1S/C17H28N2O/c1-18-12-11-16-8-5-6-13-19(16)14-7-15-20-17-9-3-2-4-10-17/h2-4,9-10,16,18H,5-8,11-15H2,1H3. The van der Waals surface area contributed by atoms with E-state index in [2.05, 4.69) is 10.2 Å². The van der Waals surface area contributed by atoms with Gasteiger partial charge in [0.15, 0.2) is 0 Å². The molecule has 1 heterocycles. The smallest absolute Gasteiger partial charge is 0.119 e. The van der Waals surface area contributed by atoms with Crippen molar-refractivity contribution < 1.29 is 4.74 Å². The predicted molar refractivity (Wildman–Crippen MR) is 84.3 cm³/mol. The lowest BCUT2D eigenvalue weighted by atomic mass is 9.99. The average molecular weight is 276 g/mol. The van der Waals surface area contributed by atoms with Crippen LogP contribution in [0.1, 0.15) is 32.1 Å². The van der Waals surface area contributed by atoms with E-state index < -0.39 is 0 Å². The van der Waals surface area contributed by atoms with E-state index in [-0.39, 0.29) is 0 Å². The van der Waals surface area contributed by atoms with Crippen molar-refractivity contribution in [2.45, 2.75) is 38.1 Å². The molecule has 1 saturated heterocycles. The summed E-state index contributed by atoms with van der Waals surface area (Å²) in [5.74, 6) is 0.984. The molecular formula is C17H28N2O. The van der Waals surface area contributed by atoms with Gasteiger partial charge in [0.05, 0.1) is 6.61 Å². The van der Waals surface area contributed by atoms with Crippen LogP contribution in [0.15, 0.2) is 30.3 Å². The van der Waals surface area contributed by atoms with Crippen LogP contribution < -0.4 is 10.1 Å². The first-order valence-electron chi connectivity index (χ1n) is 7.96. The number of piperidine rings is 1. The lowest BCUT2D eigenvalue weighted by Gasteiger charge is -2.35. The topological polar surface area (TPSA) is 24.5 Å². The quantitative estimate of drug-likeness (QED) is 0.739. The SMILES string of the molecule is CNCCC1CCCCN1CCCOc1ccccc1. The molecule has 3 nitrogen and oxygen atoms in total. The molecule has 1 aliphatic heterocycles. The Balaban J connectivity index is 1.66. The molecule has 3 heteroatoms. The third kappa shape index (κ3) is 5.14. The number of likely N-dealkylation sites (tertiary alicyclic amines) is 1. The van der Waals surface area contributed by atoms with E-state index in [0.29, 0.717) is 0 Å². The number of nitrogens with one attached hydrogen (secondary N) is 1. The summed E-state index contributed by atoms with van der Waals surface area (Å²) in [7, 11) is 2.04. The lowest BCUT2D eigenvalue weighted by Crippen LogP contribution is -2.41. The monoisotopic (exact) mass is 276 g/mol. The van der Waals surface area contributed by atoms with Gasteiger partial charge in [-0.1, -0.05) is 24.6 Å². The van der Waals surface area contributed by atoms with Gasteiger partial charge in [-0.25, -0.2) is 0 Å². The minimum absolute atomic E-state index is 0.771. The van der Waals surface area contributed by atoms with E-state index in [1.165, 1.54) is 38.8 Å². The molecule has 0 radical (unpaired) electrons. The minimum atomic E-state index is 0.771. The van der Waals surface area contributed by atoms with Gasteiger partial charge >= 0.3 is 0 Å². The summed E-state index contributed by atoms with van der Waals surface area (Å²) >= 11 is 0. The van der Waals surface area contributed by atoms with Crippen LogP contribution in [0.4, 0.5) is 0 Å². The maximum Gasteiger partial charge on any atom is 0.119 e. The molecule has 0 aliphatic carbocycles. The van der Waals surface area contributed by atoms with E-state index in [9.17, 15) is 0 Å². The lowest BCUT2D eigenvalue weighted by molar-refractivity contribution is 0.130. The summed E-state index contributed by atoms with van der Waals surface area (Å²) in [6.07, 6.45) is 6.50. The second-order valence-corrected chi connectivity index (χ2v) is 5.59. The van der Waals surface area contributed by atoms with Crippen LogP contribution in [0.5, 0.6) is 5.75 Å². The van der Waals surface area contributed by atoms with E-state index in [4.69, 9.17) is 4.74 Å². The van der Waals surface area contributed by atoms with Crippen molar-refractivity contribution in [3.05, 3.63) is 30.3 Å². The van der Waals surface area contributed by atoms with Crippen LogP contribution in [-0.4, -0.2) is 44.2 Å². The van der Waals surface area contributed by atoms with E-state index >= 15 is 0 Å². The molecule has 20 heavy (non-hydrogen) atoms. The van der Waals surface area contributed by atoms with Gasteiger partial charge in [-0.15, -0.1) is 0 Å². The molecule has 1 unspecified atom stereocenters. The van der Waals surface area contributed by atoms with Gasteiger partial charge in [-0.05, 0) is 58.0 Å². The predicted octanol–water partition coefficient (Wildman–Crippen LogP) is 2.92. The molecule has 1 aromatic carbocycles. The Bertz CT molecular complexity index is 355. The Kier molecular flexibility index (Phi) is 6.89. The van der Waals surface area contributed by atoms with E-state index in [1.807, 2.05) is 37.4 Å². The molecule has 0 spiro atoms. The molecule has 112 valence electrons. The van der Waals surface area contributed by atoms with Crippen molar-refractivity contribution >= 4 is 0 Å². The van der Waals surface area contributed by atoms with Crippen LogP contribution in [0.25, 0.3) is 0 Å². The van der Waals surface area contributed by atoms with E-state index in [1.54, 1.807) is 0 Å². The van der Waals surface area contributed by atoms with Crippen LogP contribution in [0.3, 0.4) is 0 Å². The first kappa shape index (κ1) is 15.3. The summed E-state index contributed by atoms with van der Waals surface area (Å²) in [4.78, 5) is 2.66. The average Bonchev–Trinajstić information content (AvgIpc) is 2.51. The normalized spacial score (nSPS) is 19.9. The number of ether oxygens (including phenoxy) is 1. The second kappa shape index (κ2) is 8.98. The molecule has 1 aliphatic rings. The maximum atomic E-state index is 5.77. The summed E-state index contributed by atoms with van der Waals surface area (Å²) in [5.41, 5.74) is 0. The highest BCUT2D eigenvalue weighted by atomic mass is 16.5. The van der Waals surface area contributed by atoms with Gasteiger partial charge in [0.1, 0.15) is 5.75 Å². The molecule has 1 N–H and O–H groups in total. The fourth-order valence-corrected chi connectivity index (χ4v) is 2.97. The highest BCUT2D eigenvalue weighted by molar-refractivity contribution is 5.20. The van der Waals surface area contributed by atoms with Crippen molar-refractivity contribution in [2.24, 2.45) is 0 Å². The summed E-state index contributed by atoms with van der Waals surface area (Å²) in [6.45, 7) is 4.38. The van der Waals surface area contributed by atoms with Gasteiger partial charge in [-0.2, -0.15) is 0 Å². The Hall–Kier alpha value is -1.06. The Morgan fingerprint density at radius 1 is 1.25 bits per heavy atom. The zero-order valence-corrected chi connectivity index (χ0v) is 12.7. The maximum absolute atomic E-state index is 5.77. The molecule has 0 amide bonds. The van der Waals surface area contributed by atoms with Crippen LogP contribution >= 0.6 is 0 Å². The van der Waals surface area contributed by atoms with Crippen molar-refractivity contribution in [3.63, 3.8) is 0 Å². The van der Waals surface area contributed by atoms with Gasteiger partial charge in [-0.3, -0.25) is 0 Å². The summed E-state index contributed by atoms with van der Waals surface area (Å²) in [5, 5.41) is 3.27. The number of benzene rings is 1. The van der Waals surface area contributed by atoms with Crippen LogP contribution in [-0.2, 0) is 0 Å². The molecule has 1 fully saturated rings. The summed E-state index contributed by atoms with van der Waals surface area (Å²) in [6, 6.07) is 10.9. The van der Waals surface area contributed by atoms with Gasteiger partial charge in [0, 0.05) is 12.6 Å². The zero-order valence-electron chi connectivity index (χ0n) is 12.7. The molecule has 1 aromatic rings. The van der Waals surface area contributed by atoms with Crippen molar-refractivity contribution in [3.8, 4) is 5.75 Å². The Morgan fingerprint density at radius 2 is 2.10 bits per heavy atom. The fraction of sp³-hybridized carbons (Fsp3) is 0.647. The summed E-state index contributed by atoms with van der Waals surface area (Å²) < 4.78 is 5.77. The van der Waals surface area contributed by atoms with Crippen molar-refractivity contribution in [1.82, 2.24) is 10.2 Å². The Morgan fingerprint density at radius 3 is 2.90 bits per heavy atom. The largest absolute Gasteiger partial charge is 0.494 e. The molecule has 0 aromatic heterocycles. The third-order valence-corrected chi connectivity index (χ3v) is 4.08. The third-order valence-electron chi connectivity index (χ3n) is 4.08. The number of nitrogens with zero attached hydrogens (tertiary/aromatic N) is 1. The number of rotatable bonds is 8. The molecule has 1 atom stereocenters. The first-order valence-corrected chi connectivity index (χ1v) is 7.96. The number of para-hydroxylation sites is 1. The zero-order chi connectivity index (χ0) is 14.0. The molecule has 2 rings (SSSR count). The Labute approximate surface area is 123 Å².